The van der Waals surface area contributed by atoms with E-state index in [1.165, 1.54) is 11.1 Å². The van der Waals surface area contributed by atoms with Crippen molar-refractivity contribution in [3.05, 3.63) is 144 Å². The molecule has 9 heterocycles. The summed E-state index contributed by atoms with van der Waals surface area (Å²) in [6.45, 7) is 10.4. The summed E-state index contributed by atoms with van der Waals surface area (Å²) in [5.41, 5.74) is 9.31. The second-order valence-electron chi connectivity index (χ2n) is 24.8. The summed E-state index contributed by atoms with van der Waals surface area (Å²) in [5.74, 6) is 3.42. The number of nitrogens with zero attached hydrogens (tertiary/aromatic N) is 5. The zero-order valence-electron chi connectivity index (χ0n) is 55.5. The van der Waals surface area contributed by atoms with Crippen LogP contribution in [0.3, 0.4) is 0 Å². The Morgan fingerprint density at radius 1 is 0.500 bits per heavy atom. The summed E-state index contributed by atoms with van der Waals surface area (Å²) in [4.78, 5) is 68.1. The van der Waals surface area contributed by atoms with Gasteiger partial charge in [0.2, 0.25) is 29.5 Å². The number of hydrogen-bond donors (Lipinski definition) is 9. The maximum Gasteiger partial charge on any atom is 0.235 e. The first-order valence-corrected chi connectivity index (χ1v) is 36.9. The number of carbonyl (C=O) groups is 5. The number of fused-ring (bicyclic) bond motifs is 9. The fourth-order valence-corrected chi connectivity index (χ4v) is 15.1. The molecule has 4 spiro atoms. The van der Waals surface area contributed by atoms with Crippen LogP contribution in [0.1, 0.15) is 79.2 Å². The van der Waals surface area contributed by atoms with E-state index >= 15 is 0 Å². The molecule has 0 radical (unpaired) electrons. The van der Waals surface area contributed by atoms with Gasteiger partial charge in [0.25, 0.3) is 0 Å². The van der Waals surface area contributed by atoms with E-state index in [1.54, 1.807) is 4.90 Å². The van der Waals surface area contributed by atoms with E-state index in [-0.39, 0.29) is 83.8 Å². The Hall–Kier alpha value is -4.36. The van der Waals surface area contributed by atoms with Gasteiger partial charge in [0.15, 0.2) is 6.19 Å². The molecule has 9 N–H and O–H groups in total. The minimum absolute atomic E-state index is 0. The maximum absolute atomic E-state index is 12.3. The highest BCUT2D eigenvalue weighted by molar-refractivity contribution is 9.11. The molecule has 5 aromatic rings. The number of hydrogen-bond acceptors (Lipinski definition) is 14. The number of aliphatic hydroxyl groups is 2. The van der Waals surface area contributed by atoms with Gasteiger partial charge in [-0.05, 0) is 206 Å². The van der Waals surface area contributed by atoms with Gasteiger partial charge in [-0.25, -0.2) is 0 Å². The Kier molecular flexibility index (Phi) is 35.3. The lowest BCUT2D eigenvalue weighted by atomic mass is 9.74. The van der Waals surface area contributed by atoms with Crippen molar-refractivity contribution in [3.8, 4) is 6.19 Å². The molecule has 19 nitrogen and oxygen atoms in total. The predicted molar refractivity (Wildman–Crippen MR) is 413 cm³/mol. The quantitative estimate of drug-likeness (QED) is 0.0379. The molecule has 0 atom stereocenters. The fourth-order valence-electron chi connectivity index (χ4n) is 13.2. The van der Waals surface area contributed by atoms with Crippen LogP contribution in [0.4, 0.5) is 28.4 Å². The summed E-state index contributed by atoms with van der Waals surface area (Å²) in [6, 6.07) is 33.8. The summed E-state index contributed by atoms with van der Waals surface area (Å²) in [6.07, 6.45) is 9.59. The number of nitrogens with one attached hydrogen (secondary N) is 7. The van der Waals surface area contributed by atoms with Crippen molar-refractivity contribution in [2.24, 2.45) is 0 Å². The molecule has 9 aliphatic heterocycles. The SMILES string of the molecule is CN(CCCl)CCCl.CN1CCC2(CC1)C(=O)Nc1ccc(Br)cc12.CN1CCC2(CC1)C(=O)Nc1ccccc12.Cl.Cl.ClCCNCCCl.N#CN1CCC2(CC1)C(=O)Nc1ccc(Br)cc12.O=C1Cc2ccccc2N1.O=C1Nc2ccc(Br)cc2C12CCNCC2.OCCO. The van der Waals surface area contributed by atoms with E-state index in [0.29, 0.717) is 55.9 Å². The van der Waals surface area contributed by atoms with E-state index in [9.17, 15) is 24.0 Å². The lowest BCUT2D eigenvalue weighted by Gasteiger charge is -2.36. The van der Waals surface area contributed by atoms with Crippen molar-refractivity contribution in [1.29, 1.82) is 5.26 Å². The van der Waals surface area contributed by atoms with Crippen molar-refractivity contribution in [2.45, 2.75) is 79.4 Å². The summed E-state index contributed by atoms with van der Waals surface area (Å²) in [5, 5.41) is 45.2. The number of halogens is 9. The van der Waals surface area contributed by atoms with Gasteiger partial charge in [-0.2, -0.15) is 5.26 Å². The van der Waals surface area contributed by atoms with Crippen LogP contribution >= 0.6 is 119 Å². The zero-order chi connectivity index (χ0) is 69.5. The molecular formula is C70H91Br3Cl6N12O7. The molecule has 4 fully saturated rings. The largest absolute Gasteiger partial charge is 0.394 e. The molecule has 14 rings (SSSR count). The molecule has 0 aromatic heterocycles. The Morgan fingerprint density at radius 3 is 1.23 bits per heavy atom. The van der Waals surface area contributed by atoms with Crippen LogP contribution in [0.2, 0.25) is 0 Å². The molecule has 4 saturated heterocycles. The fraction of sp³-hybridized carbons (Fsp3) is 0.486. The van der Waals surface area contributed by atoms with E-state index < -0.39 is 5.41 Å². The first kappa shape index (κ1) is 84.3. The number of benzene rings is 5. The van der Waals surface area contributed by atoms with Crippen LogP contribution < -0.4 is 37.2 Å². The number of alkyl halides is 4. The van der Waals surface area contributed by atoms with E-state index in [2.05, 4.69) is 138 Å². The van der Waals surface area contributed by atoms with E-state index in [4.69, 9.17) is 61.9 Å². The number of likely N-dealkylation sites (tertiary alicyclic amines) is 3. The number of carbonyl (C=O) groups excluding carboxylic acids is 5. The second kappa shape index (κ2) is 41.1. The van der Waals surface area contributed by atoms with Crippen molar-refractivity contribution < 1.29 is 34.2 Å². The number of piperidine rings is 4. The van der Waals surface area contributed by atoms with Crippen LogP contribution in [0, 0.1) is 11.5 Å². The molecular weight excluding hydrogens is 1570 g/mol. The summed E-state index contributed by atoms with van der Waals surface area (Å²) >= 11 is 32.0. The normalized spacial score (nSPS) is 18.4. The van der Waals surface area contributed by atoms with Crippen molar-refractivity contribution in [1.82, 2.24) is 30.2 Å². The highest BCUT2D eigenvalue weighted by Gasteiger charge is 2.51. The van der Waals surface area contributed by atoms with E-state index in [1.807, 2.05) is 92.0 Å². The second-order valence-corrected chi connectivity index (χ2v) is 29.1. The molecule has 28 heteroatoms. The molecule has 536 valence electrons. The molecule has 0 bridgehead atoms. The van der Waals surface area contributed by atoms with Gasteiger partial charge in [0.05, 0.1) is 41.3 Å². The van der Waals surface area contributed by atoms with Crippen LogP contribution in [0.5, 0.6) is 0 Å². The minimum Gasteiger partial charge on any atom is -0.394 e. The van der Waals surface area contributed by atoms with Crippen LogP contribution in [-0.2, 0) is 52.1 Å². The van der Waals surface area contributed by atoms with Gasteiger partial charge in [0, 0.05) is 105 Å². The third kappa shape index (κ3) is 21.4. The minimum atomic E-state index is -0.438. The highest BCUT2D eigenvalue weighted by Crippen LogP contribution is 2.49. The van der Waals surface area contributed by atoms with Gasteiger partial charge in [-0.3, -0.25) is 24.0 Å². The average molecular weight is 1670 g/mol. The predicted octanol–water partition coefficient (Wildman–Crippen LogP) is 11.7. The van der Waals surface area contributed by atoms with Crippen molar-refractivity contribution >= 4 is 177 Å². The molecule has 9 aliphatic rings. The number of aliphatic hydroxyl groups excluding tert-OH is 2. The average Bonchev–Trinajstić information content (AvgIpc) is 1.60. The first-order valence-electron chi connectivity index (χ1n) is 32.4. The third-order valence-electron chi connectivity index (χ3n) is 18.8. The smallest absolute Gasteiger partial charge is 0.235 e. The number of amides is 5. The summed E-state index contributed by atoms with van der Waals surface area (Å²) in [7, 11) is 6.23. The monoisotopic (exact) mass is 1660 g/mol. The van der Waals surface area contributed by atoms with E-state index in [0.717, 1.165) is 163 Å². The Bertz CT molecular complexity index is 3440. The number of para-hydroxylation sites is 2. The van der Waals surface area contributed by atoms with Crippen LogP contribution in [0.25, 0.3) is 0 Å². The number of anilines is 5. The standard InChI is InChI=1S/C13H12BrN3O.C13H15BrN2O.C13H16N2O.C12H13BrN2O.C8H7NO.C5H11Cl2N.C4H9Cl2N.C2H6O2.2ClH/c14-9-1-2-11-10(7-9)13(12(18)16-11)3-5-17(8-15)6-4-13;1-16-6-4-13(5-7-16)10-8-9(14)2-3-11(10)15-12(13)17;1-15-8-6-13(7-9-15)10-4-2-3-5-11(10)14-12(13)16;13-8-1-2-10-9(7-8)12(11(16)15-10)3-5-14-6-4-12;10-8-5-6-3-1-2-4-7(6)9-8;1-8(4-2-6)5-3-7;5-1-3-7-4-2-6;3-1-2-4;;/h1-2,7H,3-6H2,(H,16,18);2-3,8H,4-7H2,1H3,(H,15,17);2-5H,6-9H2,1H3,(H,14,16);1-2,7,14H,3-6H2,(H,15,16);1-4H,5H2,(H,9,10);2-5H2,1H3;7H,1-4H2;3-4H,1-2H2;2*1H. The molecule has 0 saturated carbocycles. The molecule has 98 heavy (non-hydrogen) atoms. The third-order valence-corrected chi connectivity index (χ3v) is 21.0. The van der Waals surface area contributed by atoms with Gasteiger partial charge in [-0.1, -0.05) is 84.2 Å². The first-order chi connectivity index (χ1) is 46.2. The lowest BCUT2D eigenvalue weighted by molar-refractivity contribution is -0.123. The Balaban J connectivity index is 0.000000208. The Labute approximate surface area is 634 Å². The van der Waals surface area contributed by atoms with Crippen molar-refractivity contribution in [2.75, 3.05) is 163 Å². The Morgan fingerprint density at radius 2 is 0.857 bits per heavy atom. The van der Waals surface area contributed by atoms with Crippen LogP contribution in [0.15, 0.2) is 117 Å². The van der Waals surface area contributed by atoms with Crippen LogP contribution in [-0.4, -0.2) is 196 Å². The van der Waals surface area contributed by atoms with Crippen molar-refractivity contribution in [3.63, 3.8) is 0 Å². The van der Waals surface area contributed by atoms with Gasteiger partial charge in [0.1, 0.15) is 0 Å². The van der Waals surface area contributed by atoms with Gasteiger partial charge in [-0.15, -0.1) is 71.2 Å². The topological polar surface area (TPSA) is 247 Å². The van der Waals surface area contributed by atoms with Gasteiger partial charge < -0.3 is 67.0 Å². The molecule has 0 aliphatic carbocycles. The number of rotatable bonds is 9. The summed E-state index contributed by atoms with van der Waals surface area (Å²) < 4.78 is 3.08. The maximum atomic E-state index is 12.3. The molecule has 0 unspecified atom stereocenters. The lowest BCUT2D eigenvalue weighted by Crippen LogP contribution is -2.45. The highest BCUT2D eigenvalue weighted by atomic mass is 79.9. The molecule has 5 aromatic carbocycles. The zero-order valence-corrected chi connectivity index (χ0v) is 65.0. The molecule has 5 amide bonds. The van der Waals surface area contributed by atoms with Gasteiger partial charge >= 0.3 is 0 Å². The number of nitriles is 1.